The van der Waals surface area contributed by atoms with Crippen LogP contribution in [-0.4, -0.2) is 15.3 Å². The molecule has 4 heteroatoms. The number of fused-ring (bicyclic) bond motifs is 1. The lowest BCUT2D eigenvalue weighted by molar-refractivity contribution is -0.120. The molecule has 2 heterocycles. The molecule has 0 saturated carbocycles. The molecule has 0 aliphatic heterocycles. The largest absolute Gasteiger partial charge is 0.325 e. The lowest BCUT2D eigenvalue weighted by Gasteiger charge is -2.14. The monoisotopic (exact) mass is 307 g/mol. The van der Waals surface area contributed by atoms with Gasteiger partial charge in [0, 0.05) is 23.9 Å². The Kier molecular flexibility index (Phi) is 4.42. The Labute approximate surface area is 136 Å². The number of hydrogen-bond donors (Lipinski definition) is 1. The predicted molar refractivity (Wildman–Crippen MR) is 93.3 cm³/mol. The smallest absolute Gasteiger partial charge is 0.227 e. The minimum atomic E-state index is 0.0455. The number of amides is 1. The molecule has 3 aromatic rings. The Morgan fingerprint density at radius 1 is 1.13 bits per heavy atom. The average molecular weight is 307 g/mol. The number of benzene rings is 1. The number of para-hydroxylation sites is 1. The van der Waals surface area contributed by atoms with Crippen LogP contribution < -0.4 is 5.32 Å². The molecule has 0 saturated heterocycles. The standard InChI is InChI=1S/C19H21N3O/c1-3-14(4-2)19(23)21-16-10-6-5-9-15(16)17-13-22-12-8-7-11-18(22)20-17/h5-14H,3-4H2,1-2H3,(H,21,23). The van der Waals surface area contributed by atoms with E-state index < -0.39 is 0 Å². The molecule has 1 N–H and O–H groups in total. The Hall–Kier alpha value is -2.62. The number of nitrogens with zero attached hydrogens (tertiary/aromatic N) is 2. The van der Waals surface area contributed by atoms with Crippen molar-refractivity contribution in [3.05, 3.63) is 54.9 Å². The normalized spacial score (nSPS) is 11.1. The molecule has 23 heavy (non-hydrogen) atoms. The van der Waals surface area contributed by atoms with Crippen molar-refractivity contribution in [3.8, 4) is 11.3 Å². The summed E-state index contributed by atoms with van der Waals surface area (Å²) in [5.74, 6) is 0.121. The second-order valence-electron chi connectivity index (χ2n) is 5.64. The number of carbonyl (C=O) groups is 1. The number of hydrogen-bond acceptors (Lipinski definition) is 2. The lowest BCUT2D eigenvalue weighted by atomic mass is 10.0. The van der Waals surface area contributed by atoms with Gasteiger partial charge in [-0.05, 0) is 31.0 Å². The van der Waals surface area contributed by atoms with E-state index >= 15 is 0 Å². The van der Waals surface area contributed by atoms with Gasteiger partial charge in [0.05, 0.1) is 11.4 Å². The lowest BCUT2D eigenvalue weighted by Crippen LogP contribution is -2.21. The van der Waals surface area contributed by atoms with Crippen molar-refractivity contribution >= 4 is 17.2 Å². The summed E-state index contributed by atoms with van der Waals surface area (Å²) in [5.41, 5.74) is 3.50. The van der Waals surface area contributed by atoms with Gasteiger partial charge in [-0.1, -0.05) is 38.1 Å². The van der Waals surface area contributed by atoms with Gasteiger partial charge in [0.2, 0.25) is 5.91 Å². The molecule has 4 nitrogen and oxygen atoms in total. The van der Waals surface area contributed by atoms with E-state index in [-0.39, 0.29) is 11.8 Å². The first kappa shape index (κ1) is 15.3. The van der Waals surface area contributed by atoms with E-state index in [0.29, 0.717) is 0 Å². The Morgan fingerprint density at radius 3 is 2.61 bits per heavy atom. The number of aromatic nitrogens is 2. The molecule has 1 amide bonds. The SMILES string of the molecule is CCC(CC)C(=O)Nc1ccccc1-c1cn2ccccc2n1. The van der Waals surface area contributed by atoms with Crippen molar-refractivity contribution in [1.29, 1.82) is 0 Å². The first-order valence-corrected chi connectivity index (χ1v) is 8.07. The van der Waals surface area contributed by atoms with E-state index in [1.165, 1.54) is 0 Å². The summed E-state index contributed by atoms with van der Waals surface area (Å²) in [6.45, 7) is 4.09. The zero-order chi connectivity index (χ0) is 16.2. The van der Waals surface area contributed by atoms with Gasteiger partial charge in [0.15, 0.2) is 0 Å². The molecule has 0 aliphatic carbocycles. The van der Waals surface area contributed by atoms with Gasteiger partial charge in [-0.2, -0.15) is 0 Å². The summed E-state index contributed by atoms with van der Waals surface area (Å²) < 4.78 is 1.98. The number of pyridine rings is 1. The van der Waals surface area contributed by atoms with Crippen molar-refractivity contribution in [3.63, 3.8) is 0 Å². The fourth-order valence-corrected chi connectivity index (χ4v) is 2.77. The first-order valence-electron chi connectivity index (χ1n) is 8.07. The molecule has 0 unspecified atom stereocenters. The molecule has 0 atom stereocenters. The number of imidazole rings is 1. The zero-order valence-electron chi connectivity index (χ0n) is 13.5. The summed E-state index contributed by atoms with van der Waals surface area (Å²) in [7, 11) is 0. The third kappa shape index (κ3) is 3.11. The van der Waals surface area contributed by atoms with E-state index in [1.807, 2.05) is 73.1 Å². The molecule has 0 bridgehead atoms. The highest BCUT2D eigenvalue weighted by Gasteiger charge is 2.16. The highest BCUT2D eigenvalue weighted by atomic mass is 16.1. The van der Waals surface area contributed by atoms with Crippen LogP contribution in [0.1, 0.15) is 26.7 Å². The maximum atomic E-state index is 12.4. The van der Waals surface area contributed by atoms with Crippen LogP contribution in [0, 0.1) is 5.92 Å². The van der Waals surface area contributed by atoms with Crippen LogP contribution in [0.4, 0.5) is 5.69 Å². The highest BCUT2D eigenvalue weighted by molar-refractivity contribution is 5.96. The molecule has 0 fully saturated rings. The van der Waals surface area contributed by atoms with Gasteiger partial charge in [-0.15, -0.1) is 0 Å². The van der Waals surface area contributed by atoms with E-state index in [2.05, 4.69) is 10.3 Å². The molecular weight excluding hydrogens is 286 g/mol. The van der Waals surface area contributed by atoms with Crippen LogP contribution in [0.25, 0.3) is 16.9 Å². The fourth-order valence-electron chi connectivity index (χ4n) is 2.77. The summed E-state index contributed by atoms with van der Waals surface area (Å²) in [4.78, 5) is 17.0. The molecule has 0 spiro atoms. The van der Waals surface area contributed by atoms with Gasteiger partial charge in [0.1, 0.15) is 5.65 Å². The molecule has 0 radical (unpaired) electrons. The maximum Gasteiger partial charge on any atom is 0.227 e. The van der Waals surface area contributed by atoms with E-state index in [0.717, 1.165) is 35.4 Å². The van der Waals surface area contributed by atoms with Crippen LogP contribution >= 0.6 is 0 Å². The third-order valence-corrected chi connectivity index (χ3v) is 4.18. The summed E-state index contributed by atoms with van der Waals surface area (Å²) >= 11 is 0. The Morgan fingerprint density at radius 2 is 1.87 bits per heavy atom. The second kappa shape index (κ2) is 6.65. The maximum absolute atomic E-state index is 12.4. The number of anilines is 1. The van der Waals surface area contributed by atoms with Crippen LogP contribution in [0.3, 0.4) is 0 Å². The van der Waals surface area contributed by atoms with Crippen molar-refractivity contribution in [2.24, 2.45) is 5.92 Å². The van der Waals surface area contributed by atoms with Crippen LogP contribution in [0.5, 0.6) is 0 Å². The zero-order valence-corrected chi connectivity index (χ0v) is 13.5. The van der Waals surface area contributed by atoms with Crippen molar-refractivity contribution in [2.45, 2.75) is 26.7 Å². The van der Waals surface area contributed by atoms with Gasteiger partial charge in [-0.3, -0.25) is 4.79 Å². The minimum Gasteiger partial charge on any atom is -0.325 e. The number of carbonyl (C=O) groups excluding carboxylic acids is 1. The summed E-state index contributed by atoms with van der Waals surface area (Å²) in [6.07, 6.45) is 5.65. The number of rotatable bonds is 5. The molecule has 2 aromatic heterocycles. The average Bonchev–Trinajstić information content (AvgIpc) is 3.00. The van der Waals surface area contributed by atoms with E-state index in [9.17, 15) is 4.79 Å². The van der Waals surface area contributed by atoms with Crippen molar-refractivity contribution in [1.82, 2.24) is 9.38 Å². The highest BCUT2D eigenvalue weighted by Crippen LogP contribution is 2.28. The van der Waals surface area contributed by atoms with Gasteiger partial charge < -0.3 is 9.72 Å². The topological polar surface area (TPSA) is 46.4 Å². The number of nitrogens with one attached hydrogen (secondary N) is 1. The van der Waals surface area contributed by atoms with Gasteiger partial charge >= 0.3 is 0 Å². The van der Waals surface area contributed by atoms with Gasteiger partial charge in [0.25, 0.3) is 0 Å². The van der Waals surface area contributed by atoms with Crippen molar-refractivity contribution < 1.29 is 4.79 Å². The molecule has 118 valence electrons. The minimum absolute atomic E-state index is 0.0455. The second-order valence-corrected chi connectivity index (χ2v) is 5.64. The Bertz CT molecular complexity index is 785. The molecule has 0 aliphatic rings. The van der Waals surface area contributed by atoms with E-state index in [4.69, 9.17) is 0 Å². The van der Waals surface area contributed by atoms with Crippen LogP contribution in [0.15, 0.2) is 54.9 Å². The summed E-state index contributed by atoms with van der Waals surface area (Å²) in [5, 5.41) is 3.07. The quantitative estimate of drug-likeness (QED) is 0.760. The fraction of sp³-hybridized carbons (Fsp3) is 0.263. The summed E-state index contributed by atoms with van der Waals surface area (Å²) in [6, 6.07) is 13.7. The molecule has 3 rings (SSSR count). The van der Waals surface area contributed by atoms with Crippen molar-refractivity contribution in [2.75, 3.05) is 5.32 Å². The molecular formula is C19H21N3O. The first-order chi connectivity index (χ1) is 11.2. The van der Waals surface area contributed by atoms with Gasteiger partial charge in [-0.25, -0.2) is 4.98 Å². The van der Waals surface area contributed by atoms with Crippen LogP contribution in [0.2, 0.25) is 0 Å². The Balaban J connectivity index is 1.96. The predicted octanol–water partition coefficient (Wildman–Crippen LogP) is 4.38. The van der Waals surface area contributed by atoms with E-state index in [1.54, 1.807) is 0 Å². The molecule has 1 aromatic carbocycles. The third-order valence-electron chi connectivity index (χ3n) is 4.18. The van der Waals surface area contributed by atoms with Crippen LogP contribution in [-0.2, 0) is 4.79 Å².